The Morgan fingerprint density at radius 1 is 1.64 bits per heavy atom. The summed E-state index contributed by atoms with van der Waals surface area (Å²) in [6.45, 7) is 0. The predicted molar refractivity (Wildman–Crippen MR) is 55.3 cm³/mol. The van der Waals surface area contributed by atoms with E-state index in [2.05, 4.69) is 32.6 Å². The van der Waals surface area contributed by atoms with E-state index in [1.54, 1.807) is 6.34 Å². The maximum Gasteiger partial charge on any atom is 0.103 e. The molecule has 1 aromatic rings. The minimum absolute atomic E-state index is 0.985. The molecule has 0 aliphatic heterocycles. The lowest BCUT2D eigenvalue weighted by atomic mass is 10.5. The van der Waals surface area contributed by atoms with Gasteiger partial charge in [0.1, 0.15) is 3.70 Å². The molecule has 1 heterocycles. The van der Waals surface area contributed by atoms with Gasteiger partial charge in [-0.1, -0.05) is 0 Å². The second kappa shape index (κ2) is 3.75. The van der Waals surface area contributed by atoms with E-state index < -0.39 is 0 Å². The zero-order chi connectivity index (χ0) is 8.27. The molecule has 1 rings (SSSR count). The predicted octanol–water partition coefficient (Wildman–Crippen LogP) is 1.84. The largest absolute Gasteiger partial charge is 0.369 e. The van der Waals surface area contributed by atoms with E-state index in [9.17, 15) is 0 Å². The summed E-state index contributed by atoms with van der Waals surface area (Å²) in [5.74, 6) is 0. The Kier molecular flexibility index (Phi) is 2.92. The Morgan fingerprint density at radius 3 is 2.82 bits per heavy atom. The van der Waals surface area contributed by atoms with Crippen LogP contribution in [-0.2, 0) is 0 Å². The van der Waals surface area contributed by atoms with Crippen molar-refractivity contribution < 1.29 is 0 Å². The van der Waals surface area contributed by atoms with Gasteiger partial charge in [0.2, 0.25) is 0 Å². The number of aromatic nitrogens is 1. The summed E-state index contributed by atoms with van der Waals surface area (Å²) in [5, 5.41) is 0. The van der Waals surface area contributed by atoms with Gasteiger partial charge in [0.05, 0.1) is 12.0 Å². The molecule has 0 bridgehead atoms. The summed E-state index contributed by atoms with van der Waals surface area (Å²) in [7, 11) is 3.89. The van der Waals surface area contributed by atoms with Gasteiger partial charge < -0.3 is 9.88 Å². The molecule has 0 saturated carbocycles. The first-order valence-electron chi connectivity index (χ1n) is 3.23. The average Bonchev–Trinajstić information content (AvgIpc) is 2.31. The van der Waals surface area contributed by atoms with Crippen LogP contribution in [0.3, 0.4) is 0 Å². The molecule has 3 nitrogen and oxygen atoms in total. The minimum Gasteiger partial charge on any atom is -0.369 e. The molecular formula is C7H10IN3. The van der Waals surface area contributed by atoms with Crippen molar-refractivity contribution in [2.24, 2.45) is 4.99 Å². The number of hydrogen-bond acceptors (Lipinski definition) is 1. The van der Waals surface area contributed by atoms with Crippen LogP contribution in [0.4, 0.5) is 5.69 Å². The highest BCUT2D eigenvalue weighted by Gasteiger charge is 1.94. The van der Waals surface area contributed by atoms with E-state index in [-0.39, 0.29) is 0 Å². The molecule has 0 aromatic carbocycles. The molecule has 0 fully saturated rings. The standard InChI is InChI=1S/C7H10IN3/c1-11(2)5-10-6-3-4-9-7(6)8/h3-5,9H,1-2H3/b10-5+. The number of hydrogen-bond donors (Lipinski definition) is 1. The molecule has 0 atom stereocenters. The van der Waals surface area contributed by atoms with E-state index in [1.807, 2.05) is 31.3 Å². The van der Waals surface area contributed by atoms with Crippen LogP contribution < -0.4 is 0 Å². The number of H-pyrrole nitrogens is 1. The second-order valence-corrected chi connectivity index (χ2v) is 3.46. The zero-order valence-electron chi connectivity index (χ0n) is 6.50. The topological polar surface area (TPSA) is 31.4 Å². The zero-order valence-corrected chi connectivity index (χ0v) is 8.66. The first-order chi connectivity index (χ1) is 5.20. The summed E-state index contributed by atoms with van der Waals surface area (Å²) in [4.78, 5) is 9.18. The molecule has 60 valence electrons. The summed E-state index contributed by atoms with van der Waals surface area (Å²) in [6.07, 6.45) is 3.66. The molecule has 0 radical (unpaired) electrons. The van der Waals surface area contributed by atoms with Crippen molar-refractivity contribution in [2.75, 3.05) is 14.1 Å². The molecule has 1 N–H and O–H groups in total. The van der Waals surface area contributed by atoms with Crippen molar-refractivity contribution in [3.8, 4) is 0 Å². The lowest BCUT2D eigenvalue weighted by Gasteiger charge is -2.00. The van der Waals surface area contributed by atoms with Crippen LogP contribution in [0.25, 0.3) is 0 Å². The maximum atomic E-state index is 4.23. The van der Waals surface area contributed by atoms with Crippen LogP contribution in [0.2, 0.25) is 0 Å². The van der Waals surface area contributed by atoms with Gasteiger partial charge in [-0.25, -0.2) is 4.99 Å². The van der Waals surface area contributed by atoms with Crippen molar-refractivity contribution >= 4 is 34.6 Å². The van der Waals surface area contributed by atoms with Gasteiger partial charge in [-0.15, -0.1) is 0 Å². The maximum absolute atomic E-state index is 4.23. The summed E-state index contributed by atoms with van der Waals surface area (Å²) in [5.41, 5.74) is 0.985. The number of halogens is 1. The molecule has 0 amide bonds. The molecule has 0 aliphatic carbocycles. The Bertz CT molecular complexity index is 252. The Labute approximate surface area is 79.7 Å². The molecule has 0 spiro atoms. The van der Waals surface area contributed by atoms with Crippen molar-refractivity contribution in [1.82, 2.24) is 9.88 Å². The van der Waals surface area contributed by atoms with E-state index in [0.717, 1.165) is 9.39 Å². The van der Waals surface area contributed by atoms with Gasteiger partial charge in [-0.2, -0.15) is 0 Å². The highest BCUT2D eigenvalue weighted by molar-refractivity contribution is 14.1. The molecule has 1 aromatic heterocycles. The monoisotopic (exact) mass is 263 g/mol. The molecule has 11 heavy (non-hydrogen) atoms. The lowest BCUT2D eigenvalue weighted by molar-refractivity contribution is 0.643. The van der Waals surface area contributed by atoms with Crippen molar-refractivity contribution in [3.63, 3.8) is 0 Å². The highest BCUT2D eigenvalue weighted by atomic mass is 127. The van der Waals surface area contributed by atoms with Crippen LogP contribution in [0.1, 0.15) is 0 Å². The van der Waals surface area contributed by atoms with E-state index in [4.69, 9.17) is 0 Å². The smallest absolute Gasteiger partial charge is 0.103 e. The third-order valence-electron chi connectivity index (χ3n) is 1.10. The molecule has 0 aliphatic rings. The van der Waals surface area contributed by atoms with Gasteiger partial charge in [0, 0.05) is 20.3 Å². The van der Waals surface area contributed by atoms with Crippen molar-refractivity contribution in [2.45, 2.75) is 0 Å². The molecular weight excluding hydrogens is 253 g/mol. The lowest BCUT2D eigenvalue weighted by Crippen LogP contribution is -2.06. The first-order valence-corrected chi connectivity index (χ1v) is 4.31. The normalized spacial score (nSPS) is 10.8. The van der Waals surface area contributed by atoms with Crippen LogP contribution in [0.15, 0.2) is 17.3 Å². The third kappa shape index (κ3) is 2.53. The minimum atomic E-state index is 0.985. The molecule has 0 saturated heterocycles. The molecule has 0 unspecified atom stereocenters. The van der Waals surface area contributed by atoms with Gasteiger partial charge >= 0.3 is 0 Å². The van der Waals surface area contributed by atoms with Crippen LogP contribution >= 0.6 is 22.6 Å². The van der Waals surface area contributed by atoms with E-state index in [1.165, 1.54) is 0 Å². The van der Waals surface area contributed by atoms with Crippen LogP contribution in [0.5, 0.6) is 0 Å². The second-order valence-electron chi connectivity index (χ2n) is 2.39. The van der Waals surface area contributed by atoms with E-state index >= 15 is 0 Å². The summed E-state index contributed by atoms with van der Waals surface area (Å²) in [6, 6.07) is 1.95. The fourth-order valence-corrected chi connectivity index (χ4v) is 1.12. The fraction of sp³-hybridized carbons (Fsp3) is 0.286. The van der Waals surface area contributed by atoms with Crippen molar-refractivity contribution in [1.29, 1.82) is 0 Å². The highest BCUT2D eigenvalue weighted by Crippen LogP contribution is 2.18. The van der Waals surface area contributed by atoms with Gasteiger partial charge in [0.25, 0.3) is 0 Å². The SMILES string of the molecule is CN(C)/C=N/c1cc[nH]c1I. The van der Waals surface area contributed by atoms with Gasteiger partial charge in [-0.3, -0.25) is 0 Å². The third-order valence-corrected chi connectivity index (χ3v) is 1.97. The van der Waals surface area contributed by atoms with Crippen molar-refractivity contribution in [3.05, 3.63) is 16.0 Å². The van der Waals surface area contributed by atoms with Gasteiger partial charge in [-0.05, 0) is 28.7 Å². The quantitative estimate of drug-likeness (QED) is 0.492. The number of nitrogens with zero attached hydrogens (tertiary/aromatic N) is 2. The number of nitrogens with one attached hydrogen (secondary N) is 1. The van der Waals surface area contributed by atoms with Gasteiger partial charge in [0.15, 0.2) is 0 Å². The summed E-state index contributed by atoms with van der Waals surface area (Å²) >= 11 is 2.21. The van der Waals surface area contributed by atoms with Crippen LogP contribution in [0, 0.1) is 3.70 Å². The molecule has 4 heteroatoms. The number of rotatable bonds is 2. The first kappa shape index (κ1) is 8.58. The number of aliphatic imine (C=N–C) groups is 1. The number of aromatic amines is 1. The Hall–Kier alpha value is -0.520. The Balaban J connectivity index is 2.71. The van der Waals surface area contributed by atoms with E-state index in [0.29, 0.717) is 0 Å². The summed E-state index contributed by atoms with van der Waals surface area (Å²) < 4.78 is 1.07. The Morgan fingerprint density at radius 2 is 2.36 bits per heavy atom. The van der Waals surface area contributed by atoms with Crippen LogP contribution in [-0.4, -0.2) is 30.3 Å². The fourth-order valence-electron chi connectivity index (χ4n) is 0.618. The average molecular weight is 263 g/mol.